The molecular weight excluding hydrogens is 281 g/mol. The highest BCUT2D eigenvalue weighted by atomic mass is 19.1. The van der Waals surface area contributed by atoms with Crippen molar-refractivity contribution in [3.63, 3.8) is 0 Å². The molecule has 0 radical (unpaired) electrons. The van der Waals surface area contributed by atoms with E-state index in [-0.39, 0.29) is 5.75 Å². The summed E-state index contributed by atoms with van der Waals surface area (Å²) in [4.78, 5) is 0. The minimum Gasteiger partial charge on any atom is -0.494 e. The molecule has 112 valence electrons. The van der Waals surface area contributed by atoms with E-state index < -0.39 is 5.82 Å². The van der Waals surface area contributed by atoms with Crippen LogP contribution < -0.4 is 10.1 Å². The minimum atomic E-state index is -0.400. The second-order valence-electron chi connectivity index (χ2n) is 4.84. The number of aromatic nitrogens is 2. The SMILES string of the molecule is CNc1ccc(-c2cc(-c3ccc(OC)c(F)c3)n[nH]2)cc1. The standard InChI is InChI=1S/C17H16FN3O/c1-19-13-6-3-11(4-7-13)15-10-16(21-20-15)12-5-8-17(22-2)14(18)9-12/h3-10,19H,1-2H3,(H,20,21). The number of halogens is 1. The van der Waals surface area contributed by atoms with Crippen molar-refractivity contribution in [1.82, 2.24) is 10.2 Å². The zero-order valence-electron chi connectivity index (χ0n) is 12.4. The van der Waals surface area contributed by atoms with Gasteiger partial charge in [-0.05, 0) is 42.0 Å². The van der Waals surface area contributed by atoms with Gasteiger partial charge in [-0.2, -0.15) is 5.10 Å². The van der Waals surface area contributed by atoms with E-state index in [9.17, 15) is 4.39 Å². The van der Waals surface area contributed by atoms with Gasteiger partial charge in [-0.3, -0.25) is 5.10 Å². The third-order valence-electron chi connectivity index (χ3n) is 3.51. The van der Waals surface area contributed by atoms with E-state index >= 15 is 0 Å². The van der Waals surface area contributed by atoms with E-state index in [1.165, 1.54) is 13.2 Å². The van der Waals surface area contributed by atoms with E-state index in [1.54, 1.807) is 12.1 Å². The van der Waals surface area contributed by atoms with Gasteiger partial charge >= 0.3 is 0 Å². The van der Waals surface area contributed by atoms with Crippen molar-refractivity contribution in [3.05, 3.63) is 54.3 Å². The number of hydrogen-bond donors (Lipinski definition) is 2. The Kier molecular flexibility index (Phi) is 3.78. The van der Waals surface area contributed by atoms with Gasteiger partial charge in [-0.15, -0.1) is 0 Å². The van der Waals surface area contributed by atoms with Crippen molar-refractivity contribution in [3.8, 4) is 28.3 Å². The summed E-state index contributed by atoms with van der Waals surface area (Å²) in [7, 11) is 3.32. The number of anilines is 1. The second-order valence-corrected chi connectivity index (χ2v) is 4.84. The summed E-state index contributed by atoms with van der Waals surface area (Å²) < 4.78 is 18.7. The number of nitrogens with zero attached hydrogens (tertiary/aromatic N) is 1. The fourth-order valence-electron chi connectivity index (χ4n) is 2.26. The molecule has 2 aromatic carbocycles. The molecule has 0 unspecified atom stereocenters. The number of ether oxygens (including phenoxy) is 1. The first-order valence-corrected chi connectivity index (χ1v) is 6.89. The molecule has 0 amide bonds. The van der Waals surface area contributed by atoms with Crippen LogP contribution in [0.15, 0.2) is 48.5 Å². The van der Waals surface area contributed by atoms with Gasteiger partial charge in [0.05, 0.1) is 18.5 Å². The smallest absolute Gasteiger partial charge is 0.165 e. The zero-order chi connectivity index (χ0) is 15.5. The highest BCUT2D eigenvalue weighted by Crippen LogP contribution is 2.27. The molecule has 0 saturated heterocycles. The maximum atomic E-state index is 13.8. The Labute approximate surface area is 128 Å². The topological polar surface area (TPSA) is 49.9 Å². The Morgan fingerprint density at radius 2 is 1.77 bits per heavy atom. The summed E-state index contributed by atoms with van der Waals surface area (Å²) in [6.45, 7) is 0. The fourth-order valence-corrected chi connectivity index (χ4v) is 2.26. The lowest BCUT2D eigenvalue weighted by atomic mass is 10.1. The van der Waals surface area contributed by atoms with Gasteiger partial charge in [0, 0.05) is 18.3 Å². The maximum absolute atomic E-state index is 13.8. The van der Waals surface area contributed by atoms with Gasteiger partial charge in [0.25, 0.3) is 0 Å². The van der Waals surface area contributed by atoms with Gasteiger partial charge in [0.2, 0.25) is 0 Å². The van der Waals surface area contributed by atoms with Crippen molar-refractivity contribution < 1.29 is 9.13 Å². The Bertz CT molecular complexity index is 781. The molecule has 0 bridgehead atoms. The van der Waals surface area contributed by atoms with Crippen molar-refractivity contribution in [2.24, 2.45) is 0 Å². The molecule has 0 fully saturated rings. The Morgan fingerprint density at radius 3 is 2.41 bits per heavy atom. The van der Waals surface area contributed by atoms with Gasteiger partial charge in [-0.1, -0.05) is 12.1 Å². The lowest BCUT2D eigenvalue weighted by Crippen LogP contribution is -1.88. The van der Waals surface area contributed by atoms with Crippen LogP contribution in [0.3, 0.4) is 0 Å². The average molecular weight is 297 g/mol. The van der Waals surface area contributed by atoms with Gasteiger partial charge in [0.15, 0.2) is 11.6 Å². The van der Waals surface area contributed by atoms with E-state index in [1.807, 2.05) is 37.4 Å². The van der Waals surface area contributed by atoms with Crippen LogP contribution in [0.2, 0.25) is 0 Å². The maximum Gasteiger partial charge on any atom is 0.165 e. The van der Waals surface area contributed by atoms with Crippen LogP contribution in [-0.4, -0.2) is 24.4 Å². The summed E-state index contributed by atoms with van der Waals surface area (Å²) in [5.41, 5.74) is 4.34. The summed E-state index contributed by atoms with van der Waals surface area (Å²) in [6.07, 6.45) is 0. The van der Waals surface area contributed by atoms with Gasteiger partial charge in [0.1, 0.15) is 0 Å². The molecule has 0 aliphatic rings. The highest BCUT2D eigenvalue weighted by Gasteiger charge is 2.09. The van der Waals surface area contributed by atoms with Crippen LogP contribution in [0, 0.1) is 5.82 Å². The van der Waals surface area contributed by atoms with Crippen molar-refractivity contribution >= 4 is 5.69 Å². The van der Waals surface area contributed by atoms with Crippen LogP contribution in [0.4, 0.5) is 10.1 Å². The number of rotatable bonds is 4. The quantitative estimate of drug-likeness (QED) is 0.767. The molecule has 2 N–H and O–H groups in total. The zero-order valence-corrected chi connectivity index (χ0v) is 12.4. The number of nitrogens with one attached hydrogen (secondary N) is 2. The molecular formula is C17H16FN3O. The molecule has 3 rings (SSSR count). The molecule has 1 heterocycles. The van der Waals surface area contributed by atoms with Crippen molar-refractivity contribution in [2.75, 3.05) is 19.5 Å². The average Bonchev–Trinajstić information content (AvgIpc) is 3.05. The van der Waals surface area contributed by atoms with E-state index in [0.717, 1.165) is 16.9 Å². The number of H-pyrrole nitrogens is 1. The Balaban J connectivity index is 1.91. The van der Waals surface area contributed by atoms with Crippen LogP contribution in [0.1, 0.15) is 0 Å². The first-order valence-electron chi connectivity index (χ1n) is 6.89. The first-order chi connectivity index (χ1) is 10.7. The summed E-state index contributed by atoms with van der Waals surface area (Å²) in [6, 6.07) is 14.7. The third kappa shape index (κ3) is 2.65. The molecule has 4 nitrogen and oxygen atoms in total. The summed E-state index contributed by atoms with van der Waals surface area (Å²) in [5, 5.41) is 10.3. The molecule has 22 heavy (non-hydrogen) atoms. The molecule has 0 saturated carbocycles. The van der Waals surface area contributed by atoms with Crippen LogP contribution in [0.5, 0.6) is 5.75 Å². The second kappa shape index (κ2) is 5.89. The molecule has 0 aliphatic carbocycles. The lowest BCUT2D eigenvalue weighted by Gasteiger charge is -2.02. The summed E-state index contributed by atoms with van der Waals surface area (Å²) in [5.74, 6) is -0.176. The lowest BCUT2D eigenvalue weighted by molar-refractivity contribution is 0.386. The molecule has 3 aromatic rings. The van der Waals surface area contributed by atoms with E-state index in [0.29, 0.717) is 11.3 Å². The van der Waals surface area contributed by atoms with Crippen LogP contribution in [0.25, 0.3) is 22.5 Å². The normalized spacial score (nSPS) is 10.5. The third-order valence-corrected chi connectivity index (χ3v) is 3.51. The van der Waals surface area contributed by atoms with Crippen molar-refractivity contribution in [2.45, 2.75) is 0 Å². The highest BCUT2D eigenvalue weighted by molar-refractivity contribution is 5.69. The minimum absolute atomic E-state index is 0.224. The predicted molar refractivity (Wildman–Crippen MR) is 85.5 cm³/mol. The number of benzene rings is 2. The number of aromatic amines is 1. The Hall–Kier alpha value is -2.82. The molecule has 0 aliphatic heterocycles. The van der Waals surface area contributed by atoms with Crippen LogP contribution in [-0.2, 0) is 0 Å². The predicted octanol–water partition coefficient (Wildman–Crippen LogP) is 3.93. The monoisotopic (exact) mass is 297 g/mol. The van der Waals surface area contributed by atoms with E-state index in [2.05, 4.69) is 15.5 Å². The largest absolute Gasteiger partial charge is 0.494 e. The molecule has 0 atom stereocenters. The summed E-state index contributed by atoms with van der Waals surface area (Å²) >= 11 is 0. The Morgan fingerprint density at radius 1 is 1.05 bits per heavy atom. The van der Waals surface area contributed by atoms with Gasteiger partial charge < -0.3 is 10.1 Å². The van der Waals surface area contributed by atoms with Crippen molar-refractivity contribution in [1.29, 1.82) is 0 Å². The number of hydrogen-bond acceptors (Lipinski definition) is 3. The molecule has 0 spiro atoms. The first kappa shape index (κ1) is 14.1. The van der Waals surface area contributed by atoms with Gasteiger partial charge in [-0.25, -0.2) is 4.39 Å². The number of methoxy groups -OCH3 is 1. The fraction of sp³-hybridized carbons (Fsp3) is 0.118. The van der Waals surface area contributed by atoms with Crippen LogP contribution >= 0.6 is 0 Å². The molecule has 5 heteroatoms. The van der Waals surface area contributed by atoms with E-state index in [4.69, 9.17) is 4.74 Å². The molecule has 1 aromatic heterocycles.